The van der Waals surface area contributed by atoms with Gasteiger partial charge in [0.05, 0.1) is 12.0 Å². The van der Waals surface area contributed by atoms with E-state index in [1.165, 1.54) is 0 Å². The maximum absolute atomic E-state index is 12.5. The fourth-order valence-corrected chi connectivity index (χ4v) is 3.01. The number of nitrogens with zero attached hydrogens (tertiary/aromatic N) is 1. The normalized spacial score (nSPS) is 34.0. The summed E-state index contributed by atoms with van der Waals surface area (Å²) in [5.41, 5.74) is -0.180. The lowest BCUT2D eigenvalue weighted by Gasteiger charge is -2.36. The molecule has 98 valence electrons. The van der Waals surface area contributed by atoms with Gasteiger partial charge in [0.25, 0.3) is 0 Å². The average molecular weight is 240 g/mol. The molecule has 0 aromatic rings. The lowest BCUT2D eigenvalue weighted by atomic mass is 9.81. The van der Waals surface area contributed by atoms with Crippen molar-refractivity contribution >= 4 is 5.91 Å². The monoisotopic (exact) mass is 240 g/mol. The fourth-order valence-electron chi connectivity index (χ4n) is 3.01. The first-order valence-corrected chi connectivity index (χ1v) is 6.65. The Morgan fingerprint density at radius 3 is 3.06 bits per heavy atom. The van der Waals surface area contributed by atoms with Crippen molar-refractivity contribution < 1.29 is 9.53 Å². The van der Waals surface area contributed by atoms with Crippen LogP contribution >= 0.6 is 0 Å². The first kappa shape index (κ1) is 12.8. The van der Waals surface area contributed by atoms with Crippen molar-refractivity contribution in [1.29, 1.82) is 0 Å². The van der Waals surface area contributed by atoms with E-state index >= 15 is 0 Å². The van der Waals surface area contributed by atoms with Crippen molar-refractivity contribution in [2.45, 2.75) is 26.2 Å². The van der Waals surface area contributed by atoms with Gasteiger partial charge in [0.2, 0.25) is 5.91 Å². The van der Waals surface area contributed by atoms with Crippen LogP contribution in [0.15, 0.2) is 0 Å². The number of carbonyl (C=O) groups excluding carboxylic acids is 1. The van der Waals surface area contributed by atoms with Crippen LogP contribution in [0.5, 0.6) is 0 Å². The molecule has 0 spiro atoms. The van der Waals surface area contributed by atoms with Gasteiger partial charge in [-0.25, -0.2) is 0 Å². The van der Waals surface area contributed by atoms with Gasteiger partial charge in [0, 0.05) is 32.7 Å². The zero-order chi connectivity index (χ0) is 12.3. The highest BCUT2D eigenvalue weighted by Crippen LogP contribution is 2.30. The third kappa shape index (κ3) is 2.80. The van der Waals surface area contributed by atoms with E-state index in [9.17, 15) is 4.79 Å². The van der Waals surface area contributed by atoms with Crippen LogP contribution in [0.4, 0.5) is 0 Å². The van der Waals surface area contributed by atoms with Gasteiger partial charge < -0.3 is 15.0 Å². The molecular formula is C13H24N2O2. The topological polar surface area (TPSA) is 41.6 Å². The van der Waals surface area contributed by atoms with Crippen molar-refractivity contribution in [3.05, 3.63) is 0 Å². The number of piperidine rings is 1. The molecule has 4 heteroatoms. The van der Waals surface area contributed by atoms with E-state index < -0.39 is 0 Å². The van der Waals surface area contributed by atoms with Crippen molar-refractivity contribution in [2.24, 2.45) is 11.3 Å². The second-order valence-corrected chi connectivity index (χ2v) is 5.70. The molecule has 0 radical (unpaired) electrons. The van der Waals surface area contributed by atoms with Gasteiger partial charge in [-0.05, 0) is 32.7 Å². The molecule has 2 saturated heterocycles. The molecule has 0 aromatic carbocycles. The summed E-state index contributed by atoms with van der Waals surface area (Å²) in [6, 6.07) is 0. The van der Waals surface area contributed by atoms with Gasteiger partial charge >= 0.3 is 0 Å². The van der Waals surface area contributed by atoms with Gasteiger partial charge in [-0.15, -0.1) is 0 Å². The van der Waals surface area contributed by atoms with Gasteiger partial charge in [-0.1, -0.05) is 0 Å². The number of hydrogen-bond acceptors (Lipinski definition) is 3. The third-order valence-corrected chi connectivity index (χ3v) is 4.09. The maximum atomic E-state index is 12.5. The Morgan fingerprint density at radius 1 is 1.59 bits per heavy atom. The summed E-state index contributed by atoms with van der Waals surface area (Å²) < 4.78 is 5.17. The smallest absolute Gasteiger partial charge is 0.229 e. The largest absolute Gasteiger partial charge is 0.384 e. The molecule has 1 amide bonds. The van der Waals surface area contributed by atoms with Gasteiger partial charge in [-0.2, -0.15) is 0 Å². The number of likely N-dealkylation sites (tertiary alicyclic amines) is 1. The van der Waals surface area contributed by atoms with Gasteiger partial charge in [-0.3, -0.25) is 4.79 Å². The summed E-state index contributed by atoms with van der Waals surface area (Å²) in [4.78, 5) is 14.6. The zero-order valence-electron chi connectivity index (χ0n) is 11.0. The predicted molar refractivity (Wildman–Crippen MR) is 66.8 cm³/mol. The molecule has 2 heterocycles. The second-order valence-electron chi connectivity index (χ2n) is 5.70. The minimum absolute atomic E-state index is 0.180. The second kappa shape index (κ2) is 5.36. The molecule has 1 N–H and O–H groups in total. The minimum Gasteiger partial charge on any atom is -0.384 e. The van der Waals surface area contributed by atoms with Crippen LogP contribution in [0.1, 0.15) is 26.2 Å². The van der Waals surface area contributed by atoms with Gasteiger partial charge in [0.15, 0.2) is 0 Å². The number of amides is 1. The molecule has 0 bridgehead atoms. The van der Waals surface area contributed by atoms with Crippen molar-refractivity contribution in [2.75, 3.05) is 39.9 Å². The van der Waals surface area contributed by atoms with Crippen LogP contribution in [0.2, 0.25) is 0 Å². The summed E-state index contributed by atoms with van der Waals surface area (Å²) in [6.45, 7) is 6.54. The summed E-state index contributed by atoms with van der Waals surface area (Å²) >= 11 is 0. The Kier molecular flexibility index (Phi) is 4.05. The highest BCUT2D eigenvalue weighted by molar-refractivity contribution is 5.83. The minimum atomic E-state index is -0.180. The van der Waals surface area contributed by atoms with E-state index in [0.29, 0.717) is 11.8 Å². The lowest BCUT2D eigenvalue weighted by Crippen LogP contribution is -2.49. The standard InChI is InChI=1S/C13H24N2O2/c1-13(5-3-6-14-10-13)12(16)15-7-4-11(8-15)9-17-2/h11,14H,3-10H2,1-2H3. The van der Waals surface area contributed by atoms with E-state index in [1.807, 2.05) is 4.90 Å². The number of nitrogens with one attached hydrogen (secondary N) is 1. The Labute approximate surface area is 104 Å². The molecule has 2 aliphatic heterocycles. The average Bonchev–Trinajstić information content (AvgIpc) is 2.78. The van der Waals surface area contributed by atoms with Crippen molar-refractivity contribution in [3.63, 3.8) is 0 Å². The van der Waals surface area contributed by atoms with Crippen LogP contribution in [0.3, 0.4) is 0 Å². The van der Waals surface area contributed by atoms with Crippen LogP contribution in [-0.4, -0.2) is 50.7 Å². The molecule has 17 heavy (non-hydrogen) atoms. The molecule has 2 atom stereocenters. The molecule has 4 nitrogen and oxygen atoms in total. The molecule has 2 unspecified atom stereocenters. The highest BCUT2D eigenvalue weighted by atomic mass is 16.5. The first-order chi connectivity index (χ1) is 8.15. The van der Waals surface area contributed by atoms with E-state index in [2.05, 4.69) is 12.2 Å². The van der Waals surface area contributed by atoms with Gasteiger partial charge in [0.1, 0.15) is 0 Å². The Morgan fingerprint density at radius 2 is 2.41 bits per heavy atom. The fraction of sp³-hybridized carbons (Fsp3) is 0.923. The van der Waals surface area contributed by atoms with Crippen molar-refractivity contribution in [3.8, 4) is 0 Å². The van der Waals surface area contributed by atoms with Crippen LogP contribution in [-0.2, 0) is 9.53 Å². The number of carbonyl (C=O) groups is 1. The SMILES string of the molecule is COCC1CCN(C(=O)C2(C)CCCNC2)C1. The van der Waals surface area contributed by atoms with E-state index in [0.717, 1.165) is 52.0 Å². The van der Waals surface area contributed by atoms with E-state index in [1.54, 1.807) is 7.11 Å². The number of methoxy groups -OCH3 is 1. The number of rotatable bonds is 3. The first-order valence-electron chi connectivity index (χ1n) is 6.65. The molecule has 0 aromatic heterocycles. The van der Waals surface area contributed by atoms with Crippen molar-refractivity contribution in [1.82, 2.24) is 10.2 Å². The van der Waals surface area contributed by atoms with E-state index in [4.69, 9.17) is 4.74 Å². The highest BCUT2D eigenvalue weighted by Gasteiger charge is 2.39. The molecule has 2 rings (SSSR count). The molecule has 2 fully saturated rings. The summed E-state index contributed by atoms with van der Waals surface area (Å²) in [6.07, 6.45) is 3.21. The number of hydrogen-bond donors (Lipinski definition) is 1. The quantitative estimate of drug-likeness (QED) is 0.796. The maximum Gasteiger partial charge on any atom is 0.229 e. The lowest BCUT2D eigenvalue weighted by molar-refractivity contribution is -0.141. The van der Waals surface area contributed by atoms with Crippen LogP contribution in [0, 0.1) is 11.3 Å². The van der Waals surface area contributed by atoms with Crippen LogP contribution < -0.4 is 5.32 Å². The van der Waals surface area contributed by atoms with Crippen LogP contribution in [0.25, 0.3) is 0 Å². The van der Waals surface area contributed by atoms with E-state index in [-0.39, 0.29) is 5.41 Å². The Balaban J connectivity index is 1.91. The zero-order valence-corrected chi connectivity index (χ0v) is 11.0. The molecule has 0 saturated carbocycles. The summed E-state index contributed by atoms with van der Waals surface area (Å²) in [5, 5.41) is 3.34. The molecule has 0 aliphatic carbocycles. The molecule has 2 aliphatic rings. The predicted octanol–water partition coefficient (Wildman–Crippen LogP) is 0.871. The Hall–Kier alpha value is -0.610. The third-order valence-electron chi connectivity index (χ3n) is 4.09. The Bertz CT molecular complexity index is 275. The molecular weight excluding hydrogens is 216 g/mol. The summed E-state index contributed by atoms with van der Waals surface area (Å²) in [5.74, 6) is 0.868. The number of ether oxygens (including phenoxy) is 1. The summed E-state index contributed by atoms with van der Waals surface area (Å²) in [7, 11) is 1.73.